The van der Waals surface area contributed by atoms with Crippen LogP contribution in [0.15, 0.2) is 11.6 Å². The Morgan fingerprint density at radius 3 is 2.53 bits per heavy atom. The average Bonchev–Trinajstić information content (AvgIpc) is 2.26. The van der Waals surface area contributed by atoms with E-state index in [4.69, 9.17) is 0 Å². The van der Waals surface area contributed by atoms with Gasteiger partial charge in [-0.15, -0.1) is 0 Å². The molecule has 0 aromatic heterocycles. The van der Waals surface area contributed by atoms with Crippen LogP contribution < -0.4 is 0 Å². The van der Waals surface area contributed by atoms with E-state index in [1.165, 1.54) is 25.7 Å². The molecule has 0 bridgehead atoms. The Morgan fingerprint density at radius 2 is 1.94 bits per heavy atom. The SMILES string of the molecule is CCC(C)(C(=O)C1=CCCCCCC1)N(C)C. The first-order valence-corrected chi connectivity index (χ1v) is 6.93. The second-order valence-electron chi connectivity index (χ2n) is 5.53. The number of hydrogen-bond acceptors (Lipinski definition) is 2. The van der Waals surface area contributed by atoms with Crippen molar-refractivity contribution in [2.45, 2.75) is 64.3 Å². The monoisotopic (exact) mass is 237 g/mol. The zero-order valence-electron chi connectivity index (χ0n) is 11.9. The number of carbonyl (C=O) groups is 1. The molecule has 0 aliphatic heterocycles. The fourth-order valence-corrected chi connectivity index (χ4v) is 2.42. The van der Waals surface area contributed by atoms with Crippen molar-refractivity contribution < 1.29 is 4.79 Å². The fourth-order valence-electron chi connectivity index (χ4n) is 2.42. The van der Waals surface area contributed by atoms with Crippen LogP contribution in [0.5, 0.6) is 0 Å². The second-order valence-corrected chi connectivity index (χ2v) is 5.53. The normalized spacial score (nSPS) is 21.4. The van der Waals surface area contributed by atoms with Gasteiger partial charge in [-0.05, 0) is 58.7 Å². The van der Waals surface area contributed by atoms with Crippen molar-refractivity contribution in [1.82, 2.24) is 4.90 Å². The van der Waals surface area contributed by atoms with Crippen molar-refractivity contribution in [3.05, 3.63) is 11.6 Å². The molecule has 0 heterocycles. The first-order valence-electron chi connectivity index (χ1n) is 6.93. The topological polar surface area (TPSA) is 20.3 Å². The predicted molar refractivity (Wildman–Crippen MR) is 73.2 cm³/mol. The van der Waals surface area contributed by atoms with Gasteiger partial charge in [-0.25, -0.2) is 0 Å². The standard InChI is InChI=1S/C15H27NO/c1-5-15(2,16(3)4)14(17)13-11-9-7-6-8-10-12-13/h11H,5-10,12H2,1-4H3. The van der Waals surface area contributed by atoms with Crippen molar-refractivity contribution in [3.8, 4) is 0 Å². The van der Waals surface area contributed by atoms with Crippen molar-refractivity contribution in [1.29, 1.82) is 0 Å². The maximum atomic E-state index is 12.6. The lowest BCUT2D eigenvalue weighted by atomic mass is 9.84. The molecule has 17 heavy (non-hydrogen) atoms. The molecule has 0 aromatic rings. The van der Waals surface area contributed by atoms with Gasteiger partial charge in [-0.1, -0.05) is 25.8 Å². The van der Waals surface area contributed by atoms with E-state index in [0.29, 0.717) is 5.78 Å². The Bertz CT molecular complexity index is 293. The third-order valence-electron chi connectivity index (χ3n) is 4.25. The minimum Gasteiger partial charge on any atom is -0.297 e. The molecule has 0 saturated heterocycles. The van der Waals surface area contributed by atoms with Crippen LogP contribution in [0.1, 0.15) is 58.8 Å². The summed E-state index contributed by atoms with van der Waals surface area (Å²) >= 11 is 0. The van der Waals surface area contributed by atoms with Crippen LogP contribution in [0, 0.1) is 0 Å². The number of hydrogen-bond donors (Lipinski definition) is 0. The summed E-state index contributed by atoms with van der Waals surface area (Å²) in [5, 5.41) is 0. The molecule has 1 atom stereocenters. The van der Waals surface area contributed by atoms with E-state index in [1.54, 1.807) is 0 Å². The quantitative estimate of drug-likeness (QED) is 0.745. The molecule has 2 heteroatoms. The highest BCUT2D eigenvalue weighted by molar-refractivity contribution is 6.02. The van der Waals surface area contributed by atoms with E-state index in [9.17, 15) is 4.79 Å². The van der Waals surface area contributed by atoms with E-state index in [-0.39, 0.29) is 5.54 Å². The molecule has 1 aliphatic rings. The van der Waals surface area contributed by atoms with Crippen molar-refractivity contribution >= 4 is 5.78 Å². The van der Waals surface area contributed by atoms with Gasteiger partial charge in [0.25, 0.3) is 0 Å². The Kier molecular flexibility index (Phi) is 5.38. The Morgan fingerprint density at radius 1 is 1.29 bits per heavy atom. The van der Waals surface area contributed by atoms with E-state index < -0.39 is 0 Å². The van der Waals surface area contributed by atoms with Crippen molar-refractivity contribution in [2.24, 2.45) is 0 Å². The van der Waals surface area contributed by atoms with Crippen LogP contribution in [0.3, 0.4) is 0 Å². The number of allylic oxidation sites excluding steroid dienone is 1. The highest BCUT2D eigenvalue weighted by Crippen LogP contribution is 2.26. The van der Waals surface area contributed by atoms with Crippen LogP contribution >= 0.6 is 0 Å². The van der Waals surface area contributed by atoms with E-state index in [1.807, 2.05) is 14.1 Å². The highest BCUT2D eigenvalue weighted by atomic mass is 16.1. The lowest BCUT2D eigenvalue weighted by molar-refractivity contribution is -0.125. The number of rotatable bonds is 4. The third-order valence-corrected chi connectivity index (χ3v) is 4.25. The van der Waals surface area contributed by atoms with Gasteiger partial charge in [-0.3, -0.25) is 9.69 Å². The summed E-state index contributed by atoms with van der Waals surface area (Å²) in [5.74, 6) is 0.340. The Hall–Kier alpha value is -0.630. The van der Waals surface area contributed by atoms with Gasteiger partial charge in [-0.2, -0.15) is 0 Å². The lowest BCUT2D eigenvalue weighted by Crippen LogP contribution is -2.48. The number of ketones is 1. The molecule has 0 spiro atoms. The van der Waals surface area contributed by atoms with Gasteiger partial charge in [0, 0.05) is 0 Å². The number of carbonyl (C=O) groups excluding carboxylic acids is 1. The summed E-state index contributed by atoms with van der Waals surface area (Å²) in [6.45, 7) is 4.16. The summed E-state index contributed by atoms with van der Waals surface area (Å²) in [7, 11) is 4.01. The van der Waals surface area contributed by atoms with Gasteiger partial charge in [0.1, 0.15) is 0 Å². The fraction of sp³-hybridized carbons (Fsp3) is 0.800. The Labute approximate surface area is 106 Å². The molecule has 1 unspecified atom stereocenters. The molecular weight excluding hydrogens is 210 g/mol. The average molecular weight is 237 g/mol. The molecule has 98 valence electrons. The summed E-state index contributed by atoms with van der Waals surface area (Å²) < 4.78 is 0. The predicted octanol–water partition coefficient (Wildman–Crippen LogP) is 3.57. The minimum absolute atomic E-state index is 0.328. The molecule has 2 nitrogen and oxygen atoms in total. The summed E-state index contributed by atoms with van der Waals surface area (Å²) in [4.78, 5) is 14.7. The van der Waals surface area contributed by atoms with E-state index in [0.717, 1.165) is 24.8 Å². The molecule has 0 saturated carbocycles. The molecule has 0 N–H and O–H groups in total. The lowest BCUT2D eigenvalue weighted by Gasteiger charge is -2.35. The molecular formula is C15H27NO. The molecule has 1 rings (SSSR count). The second kappa shape index (κ2) is 6.34. The molecule has 0 aromatic carbocycles. The summed E-state index contributed by atoms with van der Waals surface area (Å²) in [6, 6.07) is 0. The van der Waals surface area contributed by atoms with Crippen LogP contribution in [-0.4, -0.2) is 30.3 Å². The van der Waals surface area contributed by atoms with Crippen LogP contribution in [0.4, 0.5) is 0 Å². The van der Waals surface area contributed by atoms with Crippen molar-refractivity contribution in [3.63, 3.8) is 0 Å². The molecule has 0 fully saturated rings. The largest absolute Gasteiger partial charge is 0.297 e. The van der Waals surface area contributed by atoms with Gasteiger partial charge < -0.3 is 0 Å². The van der Waals surface area contributed by atoms with Crippen LogP contribution in [0.25, 0.3) is 0 Å². The highest BCUT2D eigenvalue weighted by Gasteiger charge is 2.35. The van der Waals surface area contributed by atoms with Crippen LogP contribution in [-0.2, 0) is 4.79 Å². The number of nitrogens with zero attached hydrogens (tertiary/aromatic N) is 1. The summed E-state index contributed by atoms with van der Waals surface area (Å²) in [5.41, 5.74) is 0.744. The van der Waals surface area contributed by atoms with Gasteiger partial charge in [0.15, 0.2) is 5.78 Å². The van der Waals surface area contributed by atoms with Gasteiger partial charge in [0.2, 0.25) is 0 Å². The first-order chi connectivity index (χ1) is 8.02. The smallest absolute Gasteiger partial charge is 0.178 e. The maximum Gasteiger partial charge on any atom is 0.178 e. The minimum atomic E-state index is -0.328. The van der Waals surface area contributed by atoms with E-state index >= 15 is 0 Å². The number of Topliss-reactive ketones (excluding diaryl/α,β-unsaturated/α-hetero) is 1. The van der Waals surface area contributed by atoms with Gasteiger partial charge in [0.05, 0.1) is 5.54 Å². The zero-order chi connectivity index (χ0) is 12.9. The van der Waals surface area contributed by atoms with Crippen LogP contribution in [0.2, 0.25) is 0 Å². The third kappa shape index (κ3) is 3.41. The molecule has 1 aliphatic carbocycles. The number of likely N-dealkylation sites (N-methyl/N-ethyl adjacent to an activating group) is 1. The van der Waals surface area contributed by atoms with E-state index in [2.05, 4.69) is 24.8 Å². The first kappa shape index (κ1) is 14.4. The van der Waals surface area contributed by atoms with Gasteiger partial charge >= 0.3 is 0 Å². The van der Waals surface area contributed by atoms with Crippen molar-refractivity contribution in [2.75, 3.05) is 14.1 Å². The Balaban J connectivity index is 2.85. The molecule has 0 amide bonds. The summed E-state index contributed by atoms with van der Waals surface area (Å²) in [6.07, 6.45) is 10.1. The zero-order valence-corrected chi connectivity index (χ0v) is 11.9. The molecule has 0 radical (unpaired) electrons. The maximum absolute atomic E-state index is 12.6.